The van der Waals surface area contributed by atoms with E-state index in [1.54, 1.807) is 6.26 Å². The average Bonchev–Trinajstić information content (AvgIpc) is 3.27. The number of aryl methyl sites for hydroxylation is 2. The largest absolute Gasteiger partial charge is 0.444 e. The summed E-state index contributed by atoms with van der Waals surface area (Å²) in [7, 11) is 1.98. The summed E-state index contributed by atoms with van der Waals surface area (Å²) in [4.78, 5) is 9.15. The van der Waals surface area contributed by atoms with Crippen molar-refractivity contribution in [2.75, 3.05) is 13.1 Å². The van der Waals surface area contributed by atoms with Crippen LogP contribution in [0.4, 0.5) is 0 Å². The van der Waals surface area contributed by atoms with E-state index < -0.39 is 0 Å². The molecule has 0 radical (unpaired) electrons. The van der Waals surface area contributed by atoms with E-state index in [0.29, 0.717) is 12.4 Å². The van der Waals surface area contributed by atoms with Gasteiger partial charge < -0.3 is 15.1 Å². The highest BCUT2D eigenvalue weighted by Gasteiger charge is 2.09. The second-order valence-corrected chi connectivity index (χ2v) is 6.65. The van der Waals surface area contributed by atoms with Gasteiger partial charge in [0.2, 0.25) is 5.89 Å². The minimum absolute atomic E-state index is 0. The van der Waals surface area contributed by atoms with Crippen LogP contribution < -0.4 is 10.6 Å². The van der Waals surface area contributed by atoms with Crippen LogP contribution in [0.2, 0.25) is 0 Å². The summed E-state index contributed by atoms with van der Waals surface area (Å²) >= 11 is 0. The van der Waals surface area contributed by atoms with E-state index in [9.17, 15) is 0 Å². The number of oxazole rings is 1. The Morgan fingerprint density at radius 2 is 1.93 bits per heavy atom. The second-order valence-electron chi connectivity index (χ2n) is 6.65. The number of hydrogen-bond donors (Lipinski definition) is 2. The normalized spacial score (nSPS) is 11.2. The standard InChI is InChI=1S/C21H28N6O.HI/c1-5-22-21(23-12-11-19-15(2)26-27(4)16(19)3)24-13-18-14-28-20(25-18)17-9-7-6-8-10-17;/h6-10,14H,5,11-13H2,1-4H3,(H2,22,23,24);1H. The Balaban J connectivity index is 0.00000300. The third-order valence-electron chi connectivity index (χ3n) is 4.64. The van der Waals surface area contributed by atoms with Gasteiger partial charge in [-0.05, 0) is 44.9 Å². The van der Waals surface area contributed by atoms with E-state index in [1.165, 1.54) is 11.3 Å². The zero-order valence-electron chi connectivity index (χ0n) is 17.4. The zero-order valence-corrected chi connectivity index (χ0v) is 19.7. The molecular formula is C21H29IN6O. The molecule has 3 rings (SSSR count). The first-order valence-corrected chi connectivity index (χ1v) is 9.59. The molecule has 0 aliphatic rings. The lowest BCUT2D eigenvalue weighted by molar-refractivity contribution is 0.572. The Morgan fingerprint density at radius 1 is 1.17 bits per heavy atom. The molecule has 8 heteroatoms. The van der Waals surface area contributed by atoms with Gasteiger partial charge in [-0.3, -0.25) is 4.68 Å². The Hall–Kier alpha value is -2.36. The molecule has 0 aliphatic heterocycles. The summed E-state index contributed by atoms with van der Waals surface area (Å²) in [6.07, 6.45) is 2.57. The number of nitrogens with zero attached hydrogens (tertiary/aromatic N) is 4. The summed E-state index contributed by atoms with van der Waals surface area (Å²) in [6, 6.07) is 9.87. The topological polar surface area (TPSA) is 80.3 Å². The smallest absolute Gasteiger partial charge is 0.226 e. The maximum absolute atomic E-state index is 5.58. The van der Waals surface area contributed by atoms with Crippen molar-refractivity contribution in [3.05, 3.63) is 59.2 Å². The molecular weight excluding hydrogens is 479 g/mol. The number of hydrogen-bond acceptors (Lipinski definition) is 4. The lowest BCUT2D eigenvalue weighted by Gasteiger charge is -2.11. The van der Waals surface area contributed by atoms with Crippen LogP contribution in [0.3, 0.4) is 0 Å². The fraction of sp³-hybridized carbons (Fsp3) is 0.381. The Kier molecular flexibility index (Phi) is 8.69. The molecule has 0 aliphatic carbocycles. The van der Waals surface area contributed by atoms with Gasteiger partial charge in [-0.25, -0.2) is 9.98 Å². The van der Waals surface area contributed by atoms with Gasteiger partial charge in [0.1, 0.15) is 12.0 Å². The third-order valence-corrected chi connectivity index (χ3v) is 4.64. The predicted molar refractivity (Wildman–Crippen MR) is 127 cm³/mol. The SMILES string of the molecule is CCNC(=NCc1coc(-c2ccccc2)n1)NCCc1c(C)nn(C)c1C.I. The first kappa shape index (κ1) is 22.9. The number of nitrogens with one attached hydrogen (secondary N) is 2. The van der Waals surface area contributed by atoms with Gasteiger partial charge in [-0.1, -0.05) is 18.2 Å². The van der Waals surface area contributed by atoms with Crippen LogP contribution in [0.5, 0.6) is 0 Å². The van der Waals surface area contributed by atoms with Gasteiger partial charge in [-0.2, -0.15) is 5.10 Å². The van der Waals surface area contributed by atoms with E-state index in [-0.39, 0.29) is 24.0 Å². The number of halogens is 1. The van der Waals surface area contributed by atoms with Crippen molar-refractivity contribution in [2.45, 2.75) is 33.7 Å². The molecule has 0 unspecified atom stereocenters. The molecule has 0 spiro atoms. The molecule has 29 heavy (non-hydrogen) atoms. The molecule has 2 N–H and O–H groups in total. The monoisotopic (exact) mass is 508 g/mol. The highest BCUT2D eigenvalue weighted by molar-refractivity contribution is 14.0. The third kappa shape index (κ3) is 6.06. The molecule has 0 saturated carbocycles. The van der Waals surface area contributed by atoms with Gasteiger partial charge in [0.15, 0.2) is 5.96 Å². The van der Waals surface area contributed by atoms with Crippen LogP contribution in [0.15, 0.2) is 46.0 Å². The summed E-state index contributed by atoms with van der Waals surface area (Å²) in [5.41, 5.74) is 5.34. The summed E-state index contributed by atoms with van der Waals surface area (Å²) in [5.74, 6) is 1.39. The molecule has 7 nitrogen and oxygen atoms in total. The number of guanidine groups is 1. The number of aliphatic imine (C=N–C) groups is 1. The summed E-state index contributed by atoms with van der Waals surface area (Å²) in [6.45, 7) is 8.24. The van der Waals surface area contributed by atoms with Crippen LogP contribution in [0.25, 0.3) is 11.5 Å². The van der Waals surface area contributed by atoms with Gasteiger partial charge in [-0.15, -0.1) is 24.0 Å². The lowest BCUT2D eigenvalue weighted by atomic mass is 10.1. The molecule has 0 fully saturated rings. The molecule has 0 saturated heterocycles. The Labute approximate surface area is 189 Å². The lowest BCUT2D eigenvalue weighted by Crippen LogP contribution is -2.38. The van der Waals surface area contributed by atoms with Gasteiger partial charge in [0, 0.05) is 31.4 Å². The van der Waals surface area contributed by atoms with Crippen molar-refractivity contribution in [3.8, 4) is 11.5 Å². The highest BCUT2D eigenvalue weighted by atomic mass is 127. The number of rotatable bonds is 7. The predicted octanol–water partition coefficient (Wildman–Crippen LogP) is 3.61. The van der Waals surface area contributed by atoms with E-state index in [2.05, 4.69) is 46.5 Å². The van der Waals surface area contributed by atoms with Crippen molar-refractivity contribution in [1.82, 2.24) is 25.4 Å². The Bertz CT molecular complexity index is 932. The van der Waals surface area contributed by atoms with Crippen molar-refractivity contribution >= 4 is 29.9 Å². The fourth-order valence-corrected chi connectivity index (χ4v) is 3.08. The maximum atomic E-state index is 5.58. The first-order chi connectivity index (χ1) is 13.6. The second kappa shape index (κ2) is 11.0. The molecule has 1 aromatic carbocycles. The number of benzene rings is 1. The summed E-state index contributed by atoms with van der Waals surface area (Å²) in [5, 5.41) is 11.1. The van der Waals surface area contributed by atoms with Gasteiger partial charge >= 0.3 is 0 Å². The van der Waals surface area contributed by atoms with Crippen LogP contribution in [-0.2, 0) is 20.0 Å². The molecule has 3 aromatic rings. The van der Waals surface area contributed by atoms with Gasteiger partial charge in [0.25, 0.3) is 0 Å². The van der Waals surface area contributed by atoms with E-state index >= 15 is 0 Å². The van der Waals surface area contributed by atoms with Crippen molar-refractivity contribution in [3.63, 3.8) is 0 Å². The van der Waals surface area contributed by atoms with Crippen molar-refractivity contribution in [1.29, 1.82) is 0 Å². The van der Waals surface area contributed by atoms with E-state index in [1.807, 2.05) is 42.1 Å². The van der Waals surface area contributed by atoms with Crippen LogP contribution in [0.1, 0.15) is 29.6 Å². The highest BCUT2D eigenvalue weighted by Crippen LogP contribution is 2.18. The van der Waals surface area contributed by atoms with Crippen LogP contribution in [-0.4, -0.2) is 33.8 Å². The molecule has 2 heterocycles. The van der Waals surface area contributed by atoms with Gasteiger partial charge in [0.05, 0.1) is 12.2 Å². The average molecular weight is 508 g/mol. The zero-order chi connectivity index (χ0) is 19.9. The van der Waals surface area contributed by atoms with Crippen LogP contribution in [0, 0.1) is 13.8 Å². The minimum Gasteiger partial charge on any atom is -0.444 e. The summed E-state index contributed by atoms with van der Waals surface area (Å²) < 4.78 is 7.51. The quantitative estimate of drug-likeness (QED) is 0.290. The molecule has 0 bridgehead atoms. The van der Waals surface area contributed by atoms with Crippen LogP contribution >= 0.6 is 24.0 Å². The van der Waals surface area contributed by atoms with Crippen molar-refractivity contribution < 1.29 is 4.42 Å². The first-order valence-electron chi connectivity index (χ1n) is 9.59. The molecule has 2 aromatic heterocycles. The fourth-order valence-electron chi connectivity index (χ4n) is 3.08. The Morgan fingerprint density at radius 3 is 2.59 bits per heavy atom. The molecule has 156 valence electrons. The minimum atomic E-state index is 0. The van der Waals surface area contributed by atoms with E-state index in [0.717, 1.165) is 42.4 Å². The number of aromatic nitrogens is 3. The molecule has 0 atom stereocenters. The van der Waals surface area contributed by atoms with Crippen molar-refractivity contribution in [2.24, 2.45) is 12.0 Å². The maximum Gasteiger partial charge on any atom is 0.226 e. The molecule has 0 amide bonds. The van der Waals surface area contributed by atoms with E-state index in [4.69, 9.17) is 4.42 Å².